The van der Waals surface area contributed by atoms with Gasteiger partial charge in [-0.1, -0.05) is 36.8 Å². The average Bonchev–Trinajstić information content (AvgIpc) is 2.29. The second-order valence-corrected chi connectivity index (χ2v) is 3.94. The Balaban J connectivity index is 2.20. The molecular weight excluding hydrogens is 200 g/mol. The molecule has 3 heteroatoms. The smallest absolute Gasteiger partial charge is 0.233 e. The maximum absolute atomic E-state index is 11.3. The zero-order valence-electron chi connectivity index (χ0n) is 10.0. The number of amides is 1. The van der Waals surface area contributed by atoms with Crippen LogP contribution in [0.25, 0.3) is 0 Å². The summed E-state index contributed by atoms with van der Waals surface area (Å²) in [5.41, 5.74) is 2.46. The molecule has 2 N–H and O–H groups in total. The van der Waals surface area contributed by atoms with Crippen molar-refractivity contribution in [2.45, 2.75) is 26.8 Å². The molecule has 1 aromatic rings. The molecule has 0 unspecified atom stereocenters. The lowest BCUT2D eigenvalue weighted by atomic mass is 10.1. The molecule has 16 heavy (non-hydrogen) atoms. The fourth-order valence-corrected chi connectivity index (χ4v) is 1.35. The largest absolute Gasteiger partial charge is 0.355 e. The summed E-state index contributed by atoms with van der Waals surface area (Å²) in [6, 6.07) is 8.31. The number of hydrogen-bond donors (Lipinski definition) is 2. The van der Waals surface area contributed by atoms with E-state index in [0.717, 1.165) is 19.5 Å². The van der Waals surface area contributed by atoms with Crippen LogP contribution in [0.3, 0.4) is 0 Å². The predicted octanol–water partition coefficient (Wildman–Crippen LogP) is 1.61. The van der Waals surface area contributed by atoms with E-state index in [0.29, 0.717) is 6.54 Å². The van der Waals surface area contributed by atoms with E-state index in [-0.39, 0.29) is 5.91 Å². The number of nitrogens with one attached hydrogen (secondary N) is 2. The molecule has 0 radical (unpaired) electrons. The van der Waals surface area contributed by atoms with Crippen LogP contribution in [0.5, 0.6) is 0 Å². The van der Waals surface area contributed by atoms with Gasteiger partial charge in [0.15, 0.2) is 0 Å². The van der Waals surface area contributed by atoms with Crippen LogP contribution in [0.15, 0.2) is 24.3 Å². The number of benzene rings is 1. The molecule has 0 heterocycles. The summed E-state index contributed by atoms with van der Waals surface area (Å²) in [4.78, 5) is 11.3. The zero-order chi connectivity index (χ0) is 11.8. The molecule has 1 amide bonds. The van der Waals surface area contributed by atoms with Gasteiger partial charge in [0, 0.05) is 13.1 Å². The maximum atomic E-state index is 11.3. The number of carbonyl (C=O) groups is 1. The second-order valence-electron chi connectivity index (χ2n) is 3.94. The topological polar surface area (TPSA) is 41.1 Å². The number of hydrogen-bond acceptors (Lipinski definition) is 2. The number of carbonyl (C=O) groups excluding carboxylic acids is 1. The minimum atomic E-state index is 0.0639. The molecule has 0 bridgehead atoms. The van der Waals surface area contributed by atoms with Gasteiger partial charge in [-0.3, -0.25) is 4.79 Å². The van der Waals surface area contributed by atoms with E-state index in [1.807, 2.05) is 6.92 Å². The first kappa shape index (κ1) is 12.7. The van der Waals surface area contributed by atoms with Crippen molar-refractivity contribution in [3.05, 3.63) is 35.4 Å². The first-order chi connectivity index (χ1) is 7.72. The van der Waals surface area contributed by atoms with Gasteiger partial charge in [0.2, 0.25) is 5.91 Å². The van der Waals surface area contributed by atoms with Crippen molar-refractivity contribution in [1.82, 2.24) is 10.6 Å². The van der Waals surface area contributed by atoms with E-state index >= 15 is 0 Å². The van der Waals surface area contributed by atoms with E-state index in [4.69, 9.17) is 0 Å². The van der Waals surface area contributed by atoms with Crippen LogP contribution in [-0.4, -0.2) is 19.0 Å². The normalized spacial score (nSPS) is 10.1. The summed E-state index contributed by atoms with van der Waals surface area (Å²) in [6.07, 6.45) is 0.976. The summed E-state index contributed by atoms with van der Waals surface area (Å²) < 4.78 is 0. The highest BCUT2D eigenvalue weighted by Crippen LogP contribution is 2.01. The van der Waals surface area contributed by atoms with Gasteiger partial charge in [-0.25, -0.2) is 0 Å². The third kappa shape index (κ3) is 4.94. The highest BCUT2D eigenvalue weighted by Gasteiger charge is 1.98. The van der Waals surface area contributed by atoms with E-state index in [9.17, 15) is 4.79 Å². The summed E-state index contributed by atoms with van der Waals surface area (Å²) in [6.45, 7) is 5.98. The molecule has 0 saturated carbocycles. The van der Waals surface area contributed by atoms with Crippen molar-refractivity contribution >= 4 is 5.91 Å². The lowest BCUT2D eigenvalue weighted by Crippen LogP contribution is -2.33. The molecule has 0 aliphatic carbocycles. The van der Waals surface area contributed by atoms with Crippen molar-refractivity contribution in [3.8, 4) is 0 Å². The first-order valence-electron chi connectivity index (χ1n) is 5.75. The van der Waals surface area contributed by atoms with Crippen LogP contribution in [0.4, 0.5) is 0 Å². The van der Waals surface area contributed by atoms with Crippen LogP contribution in [0, 0.1) is 6.92 Å². The lowest BCUT2D eigenvalue weighted by molar-refractivity contribution is -0.120. The quantitative estimate of drug-likeness (QED) is 0.764. The molecule has 88 valence electrons. The van der Waals surface area contributed by atoms with E-state index in [1.54, 1.807) is 0 Å². The van der Waals surface area contributed by atoms with Crippen molar-refractivity contribution < 1.29 is 4.79 Å². The summed E-state index contributed by atoms with van der Waals surface area (Å²) in [7, 11) is 0. The van der Waals surface area contributed by atoms with Gasteiger partial charge >= 0.3 is 0 Å². The average molecular weight is 220 g/mol. The first-order valence-corrected chi connectivity index (χ1v) is 5.75. The summed E-state index contributed by atoms with van der Waals surface area (Å²) in [5, 5.41) is 5.94. The summed E-state index contributed by atoms with van der Waals surface area (Å²) >= 11 is 0. The molecule has 0 saturated heterocycles. The second kappa shape index (κ2) is 7.01. The van der Waals surface area contributed by atoms with Crippen molar-refractivity contribution in [3.63, 3.8) is 0 Å². The maximum Gasteiger partial charge on any atom is 0.233 e. The van der Waals surface area contributed by atoms with Gasteiger partial charge in [-0.05, 0) is 18.9 Å². The van der Waals surface area contributed by atoms with Crippen LogP contribution >= 0.6 is 0 Å². The molecule has 0 aliphatic rings. The lowest BCUT2D eigenvalue weighted by Gasteiger charge is -2.06. The Kier molecular flexibility index (Phi) is 5.57. The monoisotopic (exact) mass is 220 g/mol. The molecule has 0 fully saturated rings. The Hall–Kier alpha value is -1.35. The Morgan fingerprint density at radius 2 is 1.94 bits per heavy atom. The van der Waals surface area contributed by atoms with Gasteiger partial charge in [-0.2, -0.15) is 0 Å². The minimum absolute atomic E-state index is 0.0639. The molecule has 0 spiro atoms. The van der Waals surface area contributed by atoms with Gasteiger partial charge in [0.1, 0.15) is 0 Å². The van der Waals surface area contributed by atoms with Crippen molar-refractivity contribution in [2.24, 2.45) is 0 Å². The third-order valence-electron chi connectivity index (χ3n) is 2.31. The highest BCUT2D eigenvalue weighted by atomic mass is 16.1. The Labute approximate surface area is 97.2 Å². The van der Waals surface area contributed by atoms with E-state index < -0.39 is 0 Å². The summed E-state index contributed by atoms with van der Waals surface area (Å²) in [5.74, 6) is 0.0639. The molecule has 0 aliphatic heterocycles. The standard InChI is InChI=1S/C13H20N2O/c1-3-8-15-13(16)10-14-9-12-6-4-11(2)5-7-12/h4-7,14H,3,8-10H2,1-2H3,(H,15,16). The van der Waals surface area contributed by atoms with Crippen LogP contribution in [-0.2, 0) is 11.3 Å². The minimum Gasteiger partial charge on any atom is -0.355 e. The van der Waals surface area contributed by atoms with Crippen molar-refractivity contribution in [2.75, 3.05) is 13.1 Å². The Bertz CT molecular complexity index is 319. The van der Waals surface area contributed by atoms with Crippen LogP contribution < -0.4 is 10.6 Å². The SMILES string of the molecule is CCCNC(=O)CNCc1ccc(C)cc1. The predicted molar refractivity (Wildman–Crippen MR) is 66.2 cm³/mol. The molecule has 0 aromatic heterocycles. The van der Waals surface area contributed by atoms with Gasteiger partial charge < -0.3 is 10.6 Å². The number of aryl methyl sites for hydroxylation is 1. The number of rotatable bonds is 6. The molecular formula is C13H20N2O. The highest BCUT2D eigenvalue weighted by molar-refractivity contribution is 5.77. The fraction of sp³-hybridized carbons (Fsp3) is 0.462. The fourth-order valence-electron chi connectivity index (χ4n) is 1.35. The van der Waals surface area contributed by atoms with Gasteiger partial charge in [0.25, 0.3) is 0 Å². The Morgan fingerprint density at radius 1 is 1.25 bits per heavy atom. The van der Waals surface area contributed by atoms with Crippen molar-refractivity contribution in [1.29, 1.82) is 0 Å². The third-order valence-corrected chi connectivity index (χ3v) is 2.31. The van der Waals surface area contributed by atoms with E-state index in [1.165, 1.54) is 11.1 Å². The van der Waals surface area contributed by atoms with E-state index in [2.05, 4.69) is 41.8 Å². The molecule has 0 atom stereocenters. The van der Waals surface area contributed by atoms with Gasteiger partial charge in [-0.15, -0.1) is 0 Å². The van der Waals surface area contributed by atoms with Gasteiger partial charge in [0.05, 0.1) is 6.54 Å². The van der Waals surface area contributed by atoms with Crippen LogP contribution in [0.2, 0.25) is 0 Å². The van der Waals surface area contributed by atoms with Crippen LogP contribution in [0.1, 0.15) is 24.5 Å². The zero-order valence-corrected chi connectivity index (χ0v) is 10.0. The molecule has 1 rings (SSSR count). The molecule has 3 nitrogen and oxygen atoms in total. The Morgan fingerprint density at radius 3 is 2.56 bits per heavy atom. The molecule has 1 aromatic carbocycles.